The summed E-state index contributed by atoms with van der Waals surface area (Å²) in [7, 11) is 0. The smallest absolute Gasteiger partial charge is 0.354 e. The SMILES string of the molecule is O=C(O)c1cc(Cl)cc(I)n1. The van der Waals surface area contributed by atoms with Crippen molar-refractivity contribution in [3.05, 3.63) is 26.5 Å². The van der Waals surface area contributed by atoms with Crippen LogP contribution in [0.4, 0.5) is 0 Å². The molecule has 0 atom stereocenters. The molecular formula is C6H3ClINO2. The van der Waals surface area contributed by atoms with Crippen molar-refractivity contribution < 1.29 is 9.90 Å². The van der Waals surface area contributed by atoms with Gasteiger partial charge in [-0.1, -0.05) is 11.6 Å². The molecule has 3 nitrogen and oxygen atoms in total. The van der Waals surface area contributed by atoms with Gasteiger partial charge in [-0.25, -0.2) is 9.78 Å². The molecular weight excluding hydrogens is 280 g/mol. The number of hydrogen-bond acceptors (Lipinski definition) is 2. The van der Waals surface area contributed by atoms with E-state index in [9.17, 15) is 4.79 Å². The molecule has 1 rings (SSSR count). The fraction of sp³-hybridized carbons (Fsp3) is 0. The van der Waals surface area contributed by atoms with Crippen molar-refractivity contribution in [1.29, 1.82) is 0 Å². The molecule has 1 aromatic rings. The summed E-state index contributed by atoms with van der Waals surface area (Å²) in [5, 5.41) is 8.90. The molecule has 0 saturated carbocycles. The molecule has 0 amide bonds. The highest BCUT2D eigenvalue weighted by Gasteiger charge is 2.05. The van der Waals surface area contributed by atoms with Crippen LogP contribution in [0.1, 0.15) is 10.5 Å². The van der Waals surface area contributed by atoms with E-state index in [1.807, 2.05) is 22.6 Å². The van der Waals surface area contributed by atoms with Crippen molar-refractivity contribution in [3.63, 3.8) is 0 Å². The third-order valence-corrected chi connectivity index (χ3v) is 1.75. The molecule has 0 aliphatic rings. The van der Waals surface area contributed by atoms with Crippen molar-refractivity contribution in [2.24, 2.45) is 0 Å². The topological polar surface area (TPSA) is 50.2 Å². The average Bonchev–Trinajstić information content (AvgIpc) is 1.85. The van der Waals surface area contributed by atoms with Gasteiger partial charge in [0.1, 0.15) is 3.70 Å². The third kappa shape index (κ3) is 2.30. The summed E-state index contributed by atoms with van der Waals surface area (Å²) in [6.45, 7) is 0. The highest BCUT2D eigenvalue weighted by atomic mass is 127. The van der Waals surface area contributed by atoms with E-state index >= 15 is 0 Å². The maximum absolute atomic E-state index is 10.4. The second-order valence-electron chi connectivity index (χ2n) is 1.80. The highest BCUT2D eigenvalue weighted by Crippen LogP contribution is 2.12. The maximum Gasteiger partial charge on any atom is 0.354 e. The lowest BCUT2D eigenvalue weighted by Gasteiger charge is -1.95. The lowest BCUT2D eigenvalue weighted by molar-refractivity contribution is 0.0690. The molecule has 0 aromatic carbocycles. The van der Waals surface area contributed by atoms with Gasteiger partial charge in [-0.05, 0) is 34.7 Å². The van der Waals surface area contributed by atoms with Gasteiger partial charge in [-0.3, -0.25) is 0 Å². The molecule has 0 unspecified atom stereocenters. The average molecular weight is 283 g/mol. The lowest BCUT2D eigenvalue weighted by atomic mass is 10.4. The molecule has 0 aliphatic heterocycles. The molecule has 0 aliphatic carbocycles. The summed E-state index contributed by atoms with van der Waals surface area (Å²) in [6.07, 6.45) is 0. The van der Waals surface area contributed by atoms with Gasteiger partial charge in [-0.15, -0.1) is 0 Å². The van der Waals surface area contributed by atoms with Gasteiger partial charge in [0.15, 0.2) is 5.69 Å². The first-order chi connectivity index (χ1) is 5.09. The Morgan fingerprint density at radius 2 is 2.27 bits per heavy atom. The largest absolute Gasteiger partial charge is 0.477 e. The van der Waals surface area contributed by atoms with Crippen LogP contribution in [0, 0.1) is 3.70 Å². The molecule has 0 radical (unpaired) electrons. The first-order valence-electron chi connectivity index (χ1n) is 2.66. The second kappa shape index (κ2) is 3.36. The van der Waals surface area contributed by atoms with Crippen LogP contribution in [0.5, 0.6) is 0 Å². The monoisotopic (exact) mass is 283 g/mol. The summed E-state index contributed by atoms with van der Waals surface area (Å²) in [4.78, 5) is 14.1. The zero-order chi connectivity index (χ0) is 8.43. The number of carboxylic acids is 1. The molecule has 1 aromatic heterocycles. The molecule has 1 heterocycles. The normalized spacial score (nSPS) is 9.64. The molecule has 0 spiro atoms. The van der Waals surface area contributed by atoms with Crippen LogP contribution in [0.2, 0.25) is 5.02 Å². The molecule has 0 bridgehead atoms. The molecule has 11 heavy (non-hydrogen) atoms. The summed E-state index contributed by atoms with van der Waals surface area (Å²) >= 11 is 7.49. The van der Waals surface area contributed by atoms with E-state index < -0.39 is 5.97 Å². The first kappa shape index (κ1) is 8.73. The second-order valence-corrected chi connectivity index (χ2v) is 3.34. The number of pyridine rings is 1. The Balaban J connectivity index is 3.19. The minimum Gasteiger partial charge on any atom is -0.477 e. The van der Waals surface area contributed by atoms with Crippen LogP contribution in [0.3, 0.4) is 0 Å². The van der Waals surface area contributed by atoms with Gasteiger partial charge in [0.05, 0.1) is 0 Å². The fourth-order valence-electron chi connectivity index (χ4n) is 0.575. The Hall–Kier alpha value is -0.360. The standard InChI is InChI=1S/C6H3ClINO2/c7-3-1-4(6(10)11)9-5(8)2-3/h1-2H,(H,10,11). The fourth-order valence-corrected chi connectivity index (χ4v) is 1.56. The van der Waals surface area contributed by atoms with Gasteiger partial charge in [0.2, 0.25) is 0 Å². The van der Waals surface area contributed by atoms with Gasteiger partial charge in [-0.2, -0.15) is 0 Å². The number of halogens is 2. The molecule has 1 N–H and O–H groups in total. The quantitative estimate of drug-likeness (QED) is 0.634. The van der Waals surface area contributed by atoms with Crippen molar-refractivity contribution >= 4 is 40.2 Å². The van der Waals surface area contributed by atoms with Gasteiger partial charge in [0.25, 0.3) is 0 Å². The Bertz CT molecular complexity index is 282. The van der Waals surface area contributed by atoms with Crippen LogP contribution in [-0.4, -0.2) is 16.1 Å². The van der Waals surface area contributed by atoms with E-state index in [-0.39, 0.29) is 5.69 Å². The maximum atomic E-state index is 10.4. The summed E-state index contributed by atoms with van der Waals surface area (Å²) in [6, 6.07) is 2.90. The number of aromatic carboxylic acids is 1. The zero-order valence-electron chi connectivity index (χ0n) is 5.21. The van der Waals surface area contributed by atoms with Gasteiger partial charge < -0.3 is 5.11 Å². The van der Waals surface area contributed by atoms with Crippen molar-refractivity contribution in [2.45, 2.75) is 0 Å². The molecule has 5 heteroatoms. The Morgan fingerprint density at radius 3 is 2.73 bits per heavy atom. The lowest BCUT2D eigenvalue weighted by Crippen LogP contribution is -2.00. The Kier molecular flexibility index (Phi) is 2.67. The van der Waals surface area contributed by atoms with E-state index in [0.29, 0.717) is 8.72 Å². The van der Waals surface area contributed by atoms with Crippen LogP contribution in [-0.2, 0) is 0 Å². The van der Waals surface area contributed by atoms with E-state index in [1.165, 1.54) is 6.07 Å². The Labute approximate surface area is 81.5 Å². The van der Waals surface area contributed by atoms with Crippen LogP contribution in [0.15, 0.2) is 12.1 Å². The molecule has 0 saturated heterocycles. The van der Waals surface area contributed by atoms with Crippen molar-refractivity contribution in [1.82, 2.24) is 4.98 Å². The minimum absolute atomic E-state index is 0.0260. The highest BCUT2D eigenvalue weighted by molar-refractivity contribution is 14.1. The van der Waals surface area contributed by atoms with Crippen molar-refractivity contribution in [2.75, 3.05) is 0 Å². The number of rotatable bonds is 1. The third-order valence-electron chi connectivity index (χ3n) is 0.978. The summed E-state index contributed by atoms with van der Waals surface area (Å²) in [5.41, 5.74) is -0.0260. The van der Waals surface area contributed by atoms with E-state index in [2.05, 4.69) is 4.98 Å². The number of carboxylic acid groups (broad SMARTS) is 1. The van der Waals surface area contributed by atoms with Crippen LogP contribution >= 0.6 is 34.2 Å². The number of nitrogens with zero attached hydrogens (tertiary/aromatic N) is 1. The number of aromatic nitrogens is 1. The van der Waals surface area contributed by atoms with E-state index in [4.69, 9.17) is 16.7 Å². The molecule has 58 valence electrons. The van der Waals surface area contributed by atoms with Gasteiger partial charge >= 0.3 is 5.97 Å². The first-order valence-corrected chi connectivity index (χ1v) is 4.11. The molecule has 0 fully saturated rings. The van der Waals surface area contributed by atoms with E-state index in [1.54, 1.807) is 6.07 Å². The number of hydrogen-bond donors (Lipinski definition) is 1. The number of carbonyl (C=O) groups is 1. The van der Waals surface area contributed by atoms with E-state index in [0.717, 1.165) is 0 Å². The summed E-state index contributed by atoms with van der Waals surface area (Å²) < 4.78 is 0.576. The Morgan fingerprint density at radius 1 is 1.64 bits per heavy atom. The van der Waals surface area contributed by atoms with Crippen LogP contribution < -0.4 is 0 Å². The van der Waals surface area contributed by atoms with Gasteiger partial charge in [0, 0.05) is 5.02 Å². The zero-order valence-corrected chi connectivity index (χ0v) is 8.13. The predicted octanol–water partition coefficient (Wildman–Crippen LogP) is 2.04. The van der Waals surface area contributed by atoms with Crippen molar-refractivity contribution in [3.8, 4) is 0 Å². The van der Waals surface area contributed by atoms with Crippen LogP contribution in [0.25, 0.3) is 0 Å². The minimum atomic E-state index is -1.06. The summed E-state index contributed by atoms with van der Waals surface area (Å²) in [5.74, 6) is -1.06. The predicted molar refractivity (Wildman–Crippen MR) is 48.9 cm³/mol.